The lowest BCUT2D eigenvalue weighted by Gasteiger charge is -2.36. The second kappa shape index (κ2) is 12.4. The van der Waals surface area contributed by atoms with Crippen LogP contribution < -0.4 is 5.32 Å². The summed E-state index contributed by atoms with van der Waals surface area (Å²) in [7, 11) is 0. The summed E-state index contributed by atoms with van der Waals surface area (Å²) in [6.07, 6.45) is 6.34. The lowest BCUT2D eigenvalue weighted by molar-refractivity contribution is -0.166. The summed E-state index contributed by atoms with van der Waals surface area (Å²) >= 11 is 0. The van der Waals surface area contributed by atoms with E-state index in [0.29, 0.717) is 45.4 Å². The molecule has 0 saturated carbocycles. The van der Waals surface area contributed by atoms with Crippen molar-refractivity contribution in [1.82, 2.24) is 14.8 Å². The quantitative estimate of drug-likeness (QED) is 0.449. The van der Waals surface area contributed by atoms with Crippen molar-refractivity contribution in [1.29, 1.82) is 0 Å². The molecule has 2 aliphatic rings. The molecule has 9 heteroatoms. The van der Waals surface area contributed by atoms with Crippen molar-refractivity contribution in [2.24, 2.45) is 5.92 Å². The van der Waals surface area contributed by atoms with Crippen molar-refractivity contribution in [3.05, 3.63) is 47.9 Å². The molecule has 200 valence electrons. The highest BCUT2D eigenvalue weighted by molar-refractivity contribution is 5.95. The number of aliphatic hydroxyl groups is 1. The van der Waals surface area contributed by atoms with Gasteiger partial charge in [0.05, 0.1) is 5.52 Å². The number of amides is 2. The van der Waals surface area contributed by atoms with Gasteiger partial charge in [-0.2, -0.15) is 0 Å². The monoisotopic (exact) mass is 511 g/mol. The number of hydrogen-bond acceptors (Lipinski definition) is 6. The second-order valence-corrected chi connectivity index (χ2v) is 9.61. The Bertz CT molecular complexity index is 1160. The van der Waals surface area contributed by atoms with Crippen LogP contribution in [-0.4, -0.2) is 71.4 Å². The number of hydrogen-bond donors (Lipinski definition) is 2. The lowest BCUT2D eigenvalue weighted by atomic mass is 9.80. The van der Waals surface area contributed by atoms with E-state index in [0.717, 1.165) is 29.4 Å². The Morgan fingerprint density at radius 3 is 2.76 bits per heavy atom. The zero-order chi connectivity index (χ0) is 26.4. The molecule has 1 aromatic heterocycles. The van der Waals surface area contributed by atoms with Gasteiger partial charge >= 0.3 is 0 Å². The van der Waals surface area contributed by atoms with Crippen LogP contribution in [0.1, 0.15) is 62.2 Å². The standard InChI is InChI=1S/C28H37N3O6/c1-3-36-28-21(10-7-16-32)22(23-18-31(19(2)33)24-11-5-4-9-20(23)24)17-25(37-28)27(35)29-13-8-15-30-14-6-12-26(30)34/h4-5,9,11,17-18,21-22,28,32H,3,6-8,10,12-16H2,1-2H3,(H,29,35)/t21-,22-,28+/m0/s1. The van der Waals surface area contributed by atoms with Crippen molar-refractivity contribution >= 4 is 28.6 Å². The van der Waals surface area contributed by atoms with Crippen molar-refractivity contribution in [3.63, 3.8) is 0 Å². The van der Waals surface area contributed by atoms with Gasteiger partial charge in [-0.15, -0.1) is 0 Å². The summed E-state index contributed by atoms with van der Waals surface area (Å²) < 4.78 is 13.7. The van der Waals surface area contributed by atoms with E-state index in [1.807, 2.05) is 48.4 Å². The molecular formula is C28H37N3O6. The van der Waals surface area contributed by atoms with Gasteiger partial charge in [0.25, 0.3) is 5.91 Å². The Hall–Kier alpha value is -3.17. The average Bonchev–Trinajstić information content (AvgIpc) is 3.49. The van der Waals surface area contributed by atoms with Crippen molar-refractivity contribution in [2.75, 3.05) is 32.8 Å². The summed E-state index contributed by atoms with van der Waals surface area (Å²) in [5.41, 5.74) is 1.72. The highest BCUT2D eigenvalue weighted by Gasteiger charge is 2.39. The largest absolute Gasteiger partial charge is 0.459 e. The Balaban J connectivity index is 1.60. The number of rotatable bonds is 11. The first-order valence-electron chi connectivity index (χ1n) is 13.2. The summed E-state index contributed by atoms with van der Waals surface area (Å²) in [6.45, 7) is 5.66. The molecule has 3 atom stereocenters. The predicted octanol–water partition coefficient (Wildman–Crippen LogP) is 3.18. The van der Waals surface area contributed by atoms with Gasteiger partial charge in [0, 0.05) is 69.6 Å². The molecule has 0 aliphatic carbocycles. The third-order valence-corrected chi connectivity index (χ3v) is 7.14. The first kappa shape index (κ1) is 26.9. The zero-order valence-corrected chi connectivity index (χ0v) is 21.7. The van der Waals surface area contributed by atoms with E-state index in [1.54, 1.807) is 4.57 Å². The van der Waals surface area contributed by atoms with E-state index in [-0.39, 0.29) is 41.9 Å². The number of allylic oxidation sites excluding steroid dienone is 1. The van der Waals surface area contributed by atoms with E-state index < -0.39 is 6.29 Å². The fourth-order valence-corrected chi connectivity index (χ4v) is 5.35. The maximum Gasteiger partial charge on any atom is 0.286 e. The molecule has 0 bridgehead atoms. The molecule has 9 nitrogen and oxygen atoms in total. The summed E-state index contributed by atoms with van der Waals surface area (Å²) in [5.74, 6) is -0.493. The van der Waals surface area contributed by atoms with Gasteiger partial charge < -0.3 is 24.8 Å². The molecule has 37 heavy (non-hydrogen) atoms. The van der Waals surface area contributed by atoms with Crippen LogP contribution in [0.25, 0.3) is 10.9 Å². The molecule has 1 aromatic carbocycles. The smallest absolute Gasteiger partial charge is 0.286 e. The Morgan fingerprint density at radius 1 is 1.24 bits per heavy atom. The number of nitrogens with one attached hydrogen (secondary N) is 1. The van der Waals surface area contributed by atoms with Crippen LogP contribution in [0.15, 0.2) is 42.3 Å². The number of likely N-dealkylation sites (tertiary alicyclic amines) is 1. The van der Waals surface area contributed by atoms with Crippen LogP contribution in [0.3, 0.4) is 0 Å². The zero-order valence-electron chi connectivity index (χ0n) is 21.7. The fourth-order valence-electron chi connectivity index (χ4n) is 5.35. The van der Waals surface area contributed by atoms with Gasteiger partial charge in [-0.3, -0.25) is 19.0 Å². The van der Waals surface area contributed by atoms with E-state index in [2.05, 4.69) is 5.32 Å². The normalized spacial score (nSPS) is 21.7. The Labute approximate surface area is 217 Å². The van der Waals surface area contributed by atoms with Crippen LogP contribution in [0.4, 0.5) is 0 Å². The Morgan fingerprint density at radius 2 is 2.05 bits per heavy atom. The summed E-state index contributed by atoms with van der Waals surface area (Å²) in [4.78, 5) is 39.2. The van der Waals surface area contributed by atoms with Crippen LogP contribution in [-0.2, 0) is 19.1 Å². The minimum atomic E-state index is -0.672. The molecule has 2 aromatic rings. The van der Waals surface area contributed by atoms with E-state index in [1.165, 1.54) is 6.92 Å². The first-order chi connectivity index (χ1) is 17.9. The maximum atomic E-state index is 13.1. The van der Waals surface area contributed by atoms with Gasteiger partial charge in [-0.25, -0.2) is 0 Å². The number of carbonyl (C=O) groups excluding carboxylic acids is 3. The lowest BCUT2D eigenvalue weighted by Crippen LogP contribution is -2.39. The minimum Gasteiger partial charge on any atom is -0.459 e. The van der Waals surface area contributed by atoms with Crippen LogP contribution in [0.2, 0.25) is 0 Å². The van der Waals surface area contributed by atoms with Gasteiger partial charge in [-0.05, 0) is 50.3 Å². The van der Waals surface area contributed by atoms with Crippen molar-refractivity contribution in [2.45, 2.75) is 58.2 Å². The van der Waals surface area contributed by atoms with Gasteiger partial charge in [0.2, 0.25) is 18.1 Å². The van der Waals surface area contributed by atoms with Gasteiger partial charge in [-0.1, -0.05) is 18.2 Å². The van der Waals surface area contributed by atoms with Crippen molar-refractivity contribution in [3.8, 4) is 0 Å². The first-order valence-corrected chi connectivity index (χ1v) is 13.2. The van der Waals surface area contributed by atoms with Crippen LogP contribution >= 0.6 is 0 Å². The maximum absolute atomic E-state index is 13.1. The van der Waals surface area contributed by atoms with Gasteiger partial charge in [0.15, 0.2) is 5.76 Å². The van der Waals surface area contributed by atoms with Crippen molar-refractivity contribution < 1.29 is 29.0 Å². The highest BCUT2D eigenvalue weighted by Crippen LogP contribution is 2.42. The number of ether oxygens (including phenoxy) is 2. The van der Waals surface area contributed by atoms with Gasteiger partial charge in [0.1, 0.15) is 0 Å². The molecule has 1 fully saturated rings. The molecule has 3 heterocycles. The SMILES string of the molecule is CCO[C@@H]1OC(C(=O)NCCCN2CCCC2=O)=C[C@H](c2cn(C(C)=O)c3ccccc23)[C@@H]1CCCO. The second-order valence-electron chi connectivity index (χ2n) is 9.61. The highest BCUT2D eigenvalue weighted by atomic mass is 16.7. The molecule has 0 radical (unpaired) electrons. The third kappa shape index (κ3) is 6.05. The number of carbonyl (C=O) groups is 3. The topological polar surface area (TPSA) is 110 Å². The summed E-state index contributed by atoms with van der Waals surface area (Å²) in [5, 5.41) is 13.4. The molecule has 2 amide bonds. The van der Waals surface area contributed by atoms with Crippen LogP contribution in [0, 0.1) is 5.92 Å². The molecule has 0 unspecified atom stereocenters. The number of aromatic nitrogens is 1. The molecule has 2 aliphatic heterocycles. The molecule has 1 saturated heterocycles. The third-order valence-electron chi connectivity index (χ3n) is 7.14. The molecule has 2 N–H and O–H groups in total. The summed E-state index contributed by atoms with van der Waals surface area (Å²) in [6, 6.07) is 7.71. The van der Waals surface area contributed by atoms with E-state index >= 15 is 0 Å². The Kier molecular flexibility index (Phi) is 9.00. The van der Waals surface area contributed by atoms with E-state index in [9.17, 15) is 19.5 Å². The van der Waals surface area contributed by atoms with E-state index in [4.69, 9.17) is 9.47 Å². The minimum absolute atomic E-state index is 0.0356. The van der Waals surface area contributed by atoms with Crippen LogP contribution in [0.5, 0.6) is 0 Å². The molecule has 4 rings (SSSR count). The number of nitrogens with zero attached hydrogens (tertiary/aromatic N) is 2. The molecular weight excluding hydrogens is 474 g/mol. The number of fused-ring (bicyclic) bond motifs is 1. The number of aliphatic hydroxyl groups excluding tert-OH is 1. The number of para-hydroxylation sites is 1. The fraction of sp³-hybridized carbons (Fsp3) is 0.536. The average molecular weight is 512 g/mol. The predicted molar refractivity (Wildman–Crippen MR) is 139 cm³/mol. The number of benzene rings is 1. The molecule has 0 spiro atoms.